The van der Waals surface area contributed by atoms with Gasteiger partial charge >= 0.3 is 0 Å². The van der Waals surface area contributed by atoms with E-state index in [1.54, 1.807) is 6.33 Å². The molecule has 1 amide bonds. The Morgan fingerprint density at radius 1 is 1.50 bits per heavy atom. The summed E-state index contributed by atoms with van der Waals surface area (Å²) in [6, 6.07) is 0.110. The first kappa shape index (κ1) is 14.9. The van der Waals surface area contributed by atoms with Crippen LogP contribution in [0.2, 0.25) is 0 Å². The molecule has 7 nitrogen and oxygen atoms in total. The second-order valence-corrected chi connectivity index (χ2v) is 4.96. The van der Waals surface area contributed by atoms with E-state index < -0.39 is 0 Å². The van der Waals surface area contributed by atoms with E-state index in [-0.39, 0.29) is 17.9 Å². The van der Waals surface area contributed by atoms with Crippen LogP contribution < -0.4 is 10.6 Å². The van der Waals surface area contributed by atoms with E-state index >= 15 is 0 Å². The van der Waals surface area contributed by atoms with E-state index in [1.807, 2.05) is 11.5 Å². The predicted octanol–water partition coefficient (Wildman–Crippen LogP) is -0.0712. The maximum atomic E-state index is 12.2. The van der Waals surface area contributed by atoms with Gasteiger partial charge in [-0.1, -0.05) is 6.92 Å². The number of aromatic nitrogens is 3. The Bertz CT molecular complexity index is 434. The third kappa shape index (κ3) is 3.55. The Balaban J connectivity index is 1.84. The Labute approximate surface area is 119 Å². The van der Waals surface area contributed by atoms with Crippen LogP contribution in [0.1, 0.15) is 26.1 Å². The number of amides is 1. The molecule has 1 aromatic heterocycles. The zero-order valence-electron chi connectivity index (χ0n) is 12.1. The molecule has 1 aliphatic heterocycles. The van der Waals surface area contributed by atoms with Crippen LogP contribution in [0.5, 0.6) is 0 Å². The number of rotatable bonds is 7. The summed E-state index contributed by atoms with van der Waals surface area (Å²) in [6.45, 7) is 7.31. The van der Waals surface area contributed by atoms with Crippen molar-refractivity contribution in [2.24, 2.45) is 5.92 Å². The number of carbonyl (C=O) groups excluding carboxylic acids is 1. The molecule has 0 aliphatic carbocycles. The monoisotopic (exact) mass is 281 g/mol. The van der Waals surface area contributed by atoms with Gasteiger partial charge in [0.25, 0.3) is 0 Å². The quantitative estimate of drug-likeness (QED) is 0.731. The predicted molar refractivity (Wildman–Crippen MR) is 73.9 cm³/mol. The van der Waals surface area contributed by atoms with Gasteiger partial charge < -0.3 is 19.9 Å². The van der Waals surface area contributed by atoms with Crippen molar-refractivity contribution >= 4 is 5.91 Å². The lowest BCUT2D eigenvalue weighted by molar-refractivity contribution is -0.125. The van der Waals surface area contributed by atoms with E-state index in [0.29, 0.717) is 19.8 Å². The highest BCUT2D eigenvalue weighted by atomic mass is 16.5. The molecule has 112 valence electrons. The Morgan fingerprint density at radius 3 is 3.10 bits per heavy atom. The largest absolute Gasteiger partial charge is 0.379 e. The Morgan fingerprint density at radius 2 is 2.35 bits per heavy atom. The van der Waals surface area contributed by atoms with Gasteiger partial charge in [0.15, 0.2) is 5.82 Å². The summed E-state index contributed by atoms with van der Waals surface area (Å²) < 4.78 is 7.33. The first-order valence-electron chi connectivity index (χ1n) is 7.21. The third-order valence-electron chi connectivity index (χ3n) is 3.53. The van der Waals surface area contributed by atoms with Crippen molar-refractivity contribution in [3.05, 3.63) is 12.2 Å². The second kappa shape index (κ2) is 7.35. The summed E-state index contributed by atoms with van der Waals surface area (Å²) in [5.74, 6) is 0.666. The smallest absolute Gasteiger partial charge is 0.227 e. The molecule has 0 bridgehead atoms. The minimum absolute atomic E-state index is 0.0155. The average molecular weight is 281 g/mol. The molecule has 0 radical (unpaired) electrons. The molecule has 1 saturated heterocycles. The van der Waals surface area contributed by atoms with Crippen LogP contribution in [0.25, 0.3) is 0 Å². The second-order valence-electron chi connectivity index (χ2n) is 4.96. The van der Waals surface area contributed by atoms with Gasteiger partial charge in [-0.05, 0) is 19.9 Å². The van der Waals surface area contributed by atoms with Crippen LogP contribution in [-0.4, -0.2) is 46.5 Å². The molecule has 1 aliphatic rings. The van der Waals surface area contributed by atoms with Crippen molar-refractivity contribution in [2.75, 3.05) is 19.8 Å². The number of hydrogen-bond acceptors (Lipinski definition) is 5. The molecule has 2 heterocycles. The summed E-state index contributed by atoms with van der Waals surface area (Å²) in [4.78, 5) is 12.2. The van der Waals surface area contributed by atoms with Gasteiger partial charge in [0.1, 0.15) is 6.33 Å². The van der Waals surface area contributed by atoms with Gasteiger partial charge in [-0.3, -0.25) is 4.79 Å². The molecule has 0 saturated carbocycles. The van der Waals surface area contributed by atoms with Crippen LogP contribution in [0, 0.1) is 5.92 Å². The SMILES string of the molecule is CCCNC1COCC1C(=O)NCc1nncn1CC. The Hall–Kier alpha value is -1.47. The van der Waals surface area contributed by atoms with Crippen molar-refractivity contribution in [1.82, 2.24) is 25.4 Å². The van der Waals surface area contributed by atoms with Crippen molar-refractivity contribution in [3.8, 4) is 0 Å². The minimum atomic E-state index is -0.125. The lowest BCUT2D eigenvalue weighted by Gasteiger charge is -2.18. The van der Waals surface area contributed by atoms with Crippen molar-refractivity contribution in [3.63, 3.8) is 0 Å². The highest BCUT2D eigenvalue weighted by molar-refractivity contribution is 5.79. The highest BCUT2D eigenvalue weighted by Gasteiger charge is 2.33. The molecular weight excluding hydrogens is 258 g/mol. The molecule has 2 atom stereocenters. The fourth-order valence-electron chi connectivity index (χ4n) is 2.32. The summed E-state index contributed by atoms with van der Waals surface area (Å²) in [5, 5.41) is 14.1. The molecule has 7 heteroatoms. The van der Waals surface area contributed by atoms with Gasteiger partial charge in [0.2, 0.25) is 5.91 Å². The number of ether oxygens (including phenoxy) is 1. The standard InChI is InChI=1S/C13H23N5O2/c1-3-5-14-11-8-20-7-10(11)13(19)15-6-12-17-16-9-18(12)4-2/h9-11,14H,3-8H2,1-2H3,(H,15,19). The van der Waals surface area contributed by atoms with Gasteiger partial charge in [-0.15, -0.1) is 10.2 Å². The third-order valence-corrected chi connectivity index (χ3v) is 3.53. The minimum Gasteiger partial charge on any atom is -0.379 e. The molecule has 2 N–H and O–H groups in total. The van der Waals surface area contributed by atoms with E-state index in [1.165, 1.54) is 0 Å². The fraction of sp³-hybridized carbons (Fsp3) is 0.769. The molecule has 2 unspecified atom stereocenters. The van der Waals surface area contributed by atoms with E-state index in [9.17, 15) is 4.79 Å². The zero-order valence-corrected chi connectivity index (χ0v) is 12.1. The average Bonchev–Trinajstić information content (AvgIpc) is 3.10. The summed E-state index contributed by atoms with van der Waals surface area (Å²) in [7, 11) is 0. The molecule has 1 aromatic rings. The molecule has 20 heavy (non-hydrogen) atoms. The molecule has 2 rings (SSSR count). The number of aryl methyl sites for hydroxylation is 1. The van der Waals surface area contributed by atoms with Crippen LogP contribution in [0.15, 0.2) is 6.33 Å². The van der Waals surface area contributed by atoms with Crippen molar-refractivity contribution in [1.29, 1.82) is 0 Å². The summed E-state index contributed by atoms with van der Waals surface area (Å²) >= 11 is 0. The molecule has 0 aromatic carbocycles. The van der Waals surface area contributed by atoms with Gasteiger partial charge in [0, 0.05) is 12.6 Å². The van der Waals surface area contributed by atoms with Gasteiger partial charge in [-0.2, -0.15) is 0 Å². The maximum Gasteiger partial charge on any atom is 0.227 e. The first-order valence-corrected chi connectivity index (χ1v) is 7.21. The first-order chi connectivity index (χ1) is 9.76. The number of nitrogens with zero attached hydrogens (tertiary/aromatic N) is 3. The molecular formula is C13H23N5O2. The summed E-state index contributed by atoms with van der Waals surface area (Å²) in [6.07, 6.45) is 2.72. The molecule has 1 fully saturated rings. The Kier molecular flexibility index (Phi) is 5.49. The van der Waals surface area contributed by atoms with E-state index in [0.717, 1.165) is 25.3 Å². The van der Waals surface area contributed by atoms with Gasteiger partial charge in [-0.25, -0.2) is 0 Å². The van der Waals surface area contributed by atoms with Gasteiger partial charge in [0.05, 0.1) is 25.7 Å². The van der Waals surface area contributed by atoms with Crippen LogP contribution in [-0.2, 0) is 22.6 Å². The van der Waals surface area contributed by atoms with Crippen LogP contribution >= 0.6 is 0 Å². The topological polar surface area (TPSA) is 81.1 Å². The fourth-order valence-corrected chi connectivity index (χ4v) is 2.32. The number of nitrogens with one attached hydrogen (secondary N) is 2. The van der Waals surface area contributed by atoms with Crippen LogP contribution in [0.3, 0.4) is 0 Å². The van der Waals surface area contributed by atoms with Crippen molar-refractivity contribution in [2.45, 2.75) is 39.4 Å². The number of hydrogen-bond donors (Lipinski definition) is 2. The molecule has 0 spiro atoms. The maximum absolute atomic E-state index is 12.2. The number of carbonyl (C=O) groups is 1. The lowest BCUT2D eigenvalue weighted by atomic mass is 10.0. The van der Waals surface area contributed by atoms with E-state index in [4.69, 9.17) is 4.74 Å². The van der Waals surface area contributed by atoms with E-state index in [2.05, 4.69) is 27.8 Å². The van der Waals surface area contributed by atoms with Crippen LogP contribution in [0.4, 0.5) is 0 Å². The zero-order chi connectivity index (χ0) is 14.4. The lowest BCUT2D eigenvalue weighted by Crippen LogP contribution is -2.44. The highest BCUT2D eigenvalue weighted by Crippen LogP contribution is 2.14. The normalized spacial score (nSPS) is 22.1. The van der Waals surface area contributed by atoms with Crippen molar-refractivity contribution < 1.29 is 9.53 Å². The summed E-state index contributed by atoms with van der Waals surface area (Å²) in [5.41, 5.74) is 0.